The number of hydrogen-bond donors (Lipinski definition) is 1. The van der Waals surface area contributed by atoms with Crippen LogP contribution in [0.5, 0.6) is 11.5 Å². The predicted molar refractivity (Wildman–Crippen MR) is 141 cm³/mol. The summed E-state index contributed by atoms with van der Waals surface area (Å²) in [4.78, 5) is 28.4. The van der Waals surface area contributed by atoms with E-state index in [2.05, 4.69) is 20.8 Å². The van der Waals surface area contributed by atoms with Gasteiger partial charge in [-0.05, 0) is 59.9 Å². The summed E-state index contributed by atoms with van der Waals surface area (Å²) in [5.74, 6) is -0.767. The third-order valence-electron chi connectivity index (χ3n) is 6.48. The maximum atomic E-state index is 13.5. The number of nitrogens with zero attached hydrogens (tertiary/aromatic N) is 1. The van der Waals surface area contributed by atoms with Gasteiger partial charge in [-0.3, -0.25) is 14.5 Å². The van der Waals surface area contributed by atoms with E-state index in [9.17, 15) is 14.7 Å². The summed E-state index contributed by atoms with van der Waals surface area (Å²) in [5, 5.41) is 11.5. The molecule has 0 bridgehead atoms. The number of carbonyl (C=O) groups excluding carboxylic acids is 2. The lowest BCUT2D eigenvalue weighted by atomic mass is 9.87. The first-order valence-electron chi connectivity index (χ1n) is 11.8. The van der Waals surface area contributed by atoms with Crippen molar-refractivity contribution in [3.05, 3.63) is 94.6 Å². The van der Waals surface area contributed by atoms with Crippen LogP contribution in [-0.2, 0) is 15.0 Å². The minimum atomic E-state index is -0.856. The van der Waals surface area contributed by atoms with E-state index in [1.807, 2.05) is 43.3 Å². The standard InChI is InChI=1S/C30H31NO5/c1-18-10-15-24(36-6)23(16-18)27(32)25-26(19-8-7-9-22(17-19)35-5)31(29(34)28(25)33)21-13-11-20(12-14-21)30(2,3)4/h7-17,26,32H,1-6H3/b27-25+. The van der Waals surface area contributed by atoms with Gasteiger partial charge in [0.15, 0.2) is 0 Å². The second kappa shape index (κ2) is 9.53. The minimum Gasteiger partial charge on any atom is -0.507 e. The number of hydrogen-bond acceptors (Lipinski definition) is 5. The summed E-state index contributed by atoms with van der Waals surface area (Å²) in [6.45, 7) is 8.21. The van der Waals surface area contributed by atoms with Gasteiger partial charge in [-0.1, -0.05) is 56.7 Å². The molecular formula is C30H31NO5. The smallest absolute Gasteiger partial charge is 0.300 e. The van der Waals surface area contributed by atoms with Crippen molar-refractivity contribution < 1.29 is 24.2 Å². The molecule has 1 saturated heterocycles. The molecule has 1 aliphatic rings. The van der Waals surface area contributed by atoms with Crippen LogP contribution >= 0.6 is 0 Å². The number of aliphatic hydroxyl groups excluding tert-OH is 1. The number of aliphatic hydroxyl groups is 1. The summed E-state index contributed by atoms with van der Waals surface area (Å²) in [7, 11) is 3.05. The highest BCUT2D eigenvalue weighted by Gasteiger charge is 2.47. The average Bonchev–Trinajstić information content (AvgIpc) is 3.13. The molecule has 3 aromatic carbocycles. The first-order chi connectivity index (χ1) is 17.1. The van der Waals surface area contributed by atoms with Gasteiger partial charge in [-0.15, -0.1) is 0 Å². The number of ketones is 1. The SMILES string of the molecule is COc1cccc(C2/C(=C(\O)c3cc(C)ccc3OC)C(=O)C(=O)N2c2ccc(C(C)(C)C)cc2)c1. The monoisotopic (exact) mass is 485 g/mol. The normalized spacial score (nSPS) is 17.4. The lowest BCUT2D eigenvalue weighted by Gasteiger charge is -2.27. The maximum Gasteiger partial charge on any atom is 0.300 e. The number of ether oxygens (including phenoxy) is 2. The van der Waals surface area contributed by atoms with E-state index >= 15 is 0 Å². The molecular weight excluding hydrogens is 454 g/mol. The minimum absolute atomic E-state index is 0.00273. The number of methoxy groups -OCH3 is 2. The van der Waals surface area contributed by atoms with Crippen molar-refractivity contribution in [2.75, 3.05) is 19.1 Å². The molecule has 0 aliphatic carbocycles. The largest absolute Gasteiger partial charge is 0.507 e. The van der Waals surface area contributed by atoms with Gasteiger partial charge in [-0.2, -0.15) is 0 Å². The summed E-state index contributed by atoms with van der Waals surface area (Å²) < 4.78 is 10.9. The van der Waals surface area contributed by atoms with Crippen LogP contribution in [0.25, 0.3) is 5.76 Å². The highest BCUT2D eigenvalue weighted by atomic mass is 16.5. The van der Waals surface area contributed by atoms with Crippen molar-refractivity contribution in [3.8, 4) is 11.5 Å². The van der Waals surface area contributed by atoms with E-state index < -0.39 is 17.7 Å². The molecule has 0 saturated carbocycles. The van der Waals surface area contributed by atoms with E-state index in [1.165, 1.54) is 12.0 Å². The fraction of sp³-hybridized carbons (Fsp3) is 0.267. The van der Waals surface area contributed by atoms with E-state index in [-0.39, 0.29) is 16.7 Å². The van der Waals surface area contributed by atoms with Crippen LogP contribution < -0.4 is 14.4 Å². The third kappa shape index (κ3) is 4.47. The van der Waals surface area contributed by atoms with E-state index in [0.29, 0.717) is 28.3 Å². The van der Waals surface area contributed by atoms with Gasteiger partial charge in [0.05, 0.1) is 31.4 Å². The maximum absolute atomic E-state index is 13.5. The zero-order valence-electron chi connectivity index (χ0n) is 21.5. The van der Waals surface area contributed by atoms with Gasteiger partial charge < -0.3 is 14.6 Å². The highest BCUT2D eigenvalue weighted by molar-refractivity contribution is 6.51. The van der Waals surface area contributed by atoms with Crippen LogP contribution in [0.4, 0.5) is 5.69 Å². The number of carbonyl (C=O) groups is 2. The molecule has 6 heteroatoms. The second-order valence-corrected chi connectivity index (χ2v) is 9.95. The fourth-order valence-electron chi connectivity index (χ4n) is 4.50. The molecule has 1 unspecified atom stereocenters. The number of benzene rings is 3. The summed E-state index contributed by atoms with van der Waals surface area (Å²) in [6.07, 6.45) is 0. The molecule has 1 atom stereocenters. The van der Waals surface area contributed by atoms with Crippen molar-refractivity contribution in [1.82, 2.24) is 0 Å². The van der Waals surface area contributed by atoms with Crippen molar-refractivity contribution in [3.63, 3.8) is 0 Å². The molecule has 0 aromatic heterocycles. The first-order valence-corrected chi connectivity index (χ1v) is 11.8. The lowest BCUT2D eigenvalue weighted by Crippen LogP contribution is -2.29. The van der Waals surface area contributed by atoms with Crippen LogP contribution in [0.3, 0.4) is 0 Å². The van der Waals surface area contributed by atoms with E-state index in [0.717, 1.165) is 11.1 Å². The molecule has 0 spiro atoms. The Morgan fingerprint density at radius 1 is 0.917 bits per heavy atom. The molecule has 1 N–H and O–H groups in total. The zero-order chi connectivity index (χ0) is 26.2. The Labute approximate surface area is 211 Å². The molecule has 186 valence electrons. The van der Waals surface area contributed by atoms with Crippen LogP contribution in [-0.4, -0.2) is 31.0 Å². The van der Waals surface area contributed by atoms with Crippen molar-refractivity contribution >= 4 is 23.1 Å². The topological polar surface area (TPSA) is 76.1 Å². The average molecular weight is 486 g/mol. The van der Waals surface area contributed by atoms with Gasteiger partial charge in [0.1, 0.15) is 17.3 Å². The Balaban J connectivity index is 1.96. The predicted octanol–water partition coefficient (Wildman–Crippen LogP) is 5.94. The number of anilines is 1. The number of aryl methyl sites for hydroxylation is 1. The number of Topliss-reactive ketones (excluding diaryl/α,β-unsaturated/α-hetero) is 1. The van der Waals surface area contributed by atoms with Crippen molar-refractivity contribution in [2.45, 2.75) is 39.2 Å². The molecule has 1 aliphatic heterocycles. The Bertz CT molecular complexity index is 1350. The van der Waals surface area contributed by atoms with E-state index in [1.54, 1.807) is 37.4 Å². The quantitative estimate of drug-likeness (QED) is 0.275. The van der Waals surface area contributed by atoms with Gasteiger partial charge in [0, 0.05) is 5.69 Å². The Morgan fingerprint density at radius 2 is 1.61 bits per heavy atom. The summed E-state index contributed by atoms with van der Waals surface area (Å²) in [6, 6.07) is 19.2. The van der Waals surface area contributed by atoms with Gasteiger partial charge in [-0.25, -0.2) is 0 Å². The van der Waals surface area contributed by atoms with E-state index in [4.69, 9.17) is 9.47 Å². The molecule has 1 heterocycles. The van der Waals surface area contributed by atoms with Gasteiger partial charge in [0.2, 0.25) is 0 Å². The van der Waals surface area contributed by atoms with Crippen molar-refractivity contribution in [1.29, 1.82) is 0 Å². The Morgan fingerprint density at radius 3 is 2.22 bits per heavy atom. The van der Waals surface area contributed by atoms with Crippen LogP contribution in [0.15, 0.2) is 72.3 Å². The number of amides is 1. The molecule has 1 amide bonds. The molecule has 4 rings (SSSR count). The molecule has 3 aromatic rings. The van der Waals surface area contributed by atoms with Crippen LogP contribution in [0.1, 0.15) is 49.1 Å². The third-order valence-corrected chi connectivity index (χ3v) is 6.48. The Kier molecular flexibility index (Phi) is 6.63. The fourth-order valence-corrected chi connectivity index (χ4v) is 4.50. The van der Waals surface area contributed by atoms with Gasteiger partial charge in [0.25, 0.3) is 11.7 Å². The zero-order valence-corrected chi connectivity index (χ0v) is 21.5. The van der Waals surface area contributed by atoms with Crippen LogP contribution in [0.2, 0.25) is 0 Å². The summed E-state index contributed by atoms with van der Waals surface area (Å²) >= 11 is 0. The Hall–Kier alpha value is -4.06. The molecule has 36 heavy (non-hydrogen) atoms. The summed E-state index contributed by atoms with van der Waals surface area (Å²) in [5.41, 5.74) is 3.46. The highest BCUT2D eigenvalue weighted by Crippen LogP contribution is 2.44. The lowest BCUT2D eigenvalue weighted by molar-refractivity contribution is -0.132. The molecule has 0 radical (unpaired) electrons. The molecule has 1 fully saturated rings. The van der Waals surface area contributed by atoms with Crippen molar-refractivity contribution in [2.24, 2.45) is 0 Å². The molecule has 6 nitrogen and oxygen atoms in total. The first kappa shape index (κ1) is 25.0. The van der Waals surface area contributed by atoms with Gasteiger partial charge >= 0.3 is 0 Å². The second-order valence-electron chi connectivity index (χ2n) is 9.95. The van der Waals surface area contributed by atoms with Crippen LogP contribution in [0, 0.1) is 6.92 Å². The number of rotatable bonds is 5.